The highest BCUT2D eigenvalue weighted by Crippen LogP contribution is 2.38. The summed E-state index contributed by atoms with van der Waals surface area (Å²) < 4.78 is 67.7. The van der Waals surface area contributed by atoms with Gasteiger partial charge in [-0.15, -0.1) is 0 Å². The number of amides is 1. The number of alkyl halides is 3. The molecule has 2 aromatic rings. The van der Waals surface area contributed by atoms with Crippen LogP contribution < -0.4 is 5.32 Å². The highest BCUT2D eigenvalue weighted by Gasteiger charge is 2.44. The third kappa shape index (κ3) is 6.23. The average Bonchev–Trinajstić information content (AvgIpc) is 3.58. The number of benzene rings is 2. The summed E-state index contributed by atoms with van der Waals surface area (Å²) in [6, 6.07) is 9.31. The van der Waals surface area contributed by atoms with Crippen LogP contribution in [0.5, 0.6) is 0 Å². The molecule has 0 spiro atoms. The summed E-state index contributed by atoms with van der Waals surface area (Å²) >= 11 is 0. The first-order valence-corrected chi connectivity index (χ1v) is 13.2. The first-order chi connectivity index (χ1) is 16.4. The topological polar surface area (TPSA) is 69.7 Å². The van der Waals surface area contributed by atoms with Crippen LogP contribution >= 0.6 is 0 Å². The van der Waals surface area contributed by atoms with Gasteiger partial charge in [-0.05, 0) is 81.0 Å². The molecule has 0 atom stereocenters. The van der Waals surface area contributed by atoms with E-state index in [-0.39, 0.29) is 29.4 Å². The molecule has 0 radical (unpaired) electrons. The highest BCUT2D eigenvalue weighted by molar-refractivity contribution is 7.89. The van der Waals surface area contributed by atoms with E-state index in [1.54, 1.807) is 0 Å². The molecule has 1 amide bonds. The van der Waals surface area contributed by atoms with E-state index in [2.05, 4.69) is 5.32 Å². The standard InChI is InChI=1S/C25H30F3N3O3S/c1-17-12-18(2)14-20(13-17)29-24(32)16-30-10-8-22(9-11-30)31(21-6-7-21)35(33,34)23-5-3-4-19(15-23)25(26,27)28/h3-5,12-15,21-22H,6-11,16H2,1-2H3,(H,29,32). The number of anilines is 1. The zero-order valence-electron chi connectivity index (χ0n) is 19.8. The third-order valence-corrected chi connectivity index (χ3v) is 8.43. The van der Waals surface area contributed by atoms with Crippen LogP contribution in [0.4, 0.5) is 18.9 Å². The number of hydrogen-bond acceptors (Lipinski definition) is 4. The number of aryl methyl sites for hydroxylation is 2. The van der Waals surface area contributed by atoms with Gasteiger partial charge < -0.3 is 5.32 Å². The third-order valence-electron chi connectivity index (χ3n) is 6.43. The lowest BCUT2D eigenvalue weighted by molar-refractivity contribution is -0.137. The predicted octanol–water partition coefficient (Wildman–Crippen LogP) is 4.58. The lowest BCUT2D eigenvalue weighted by Crippen LogP contribution is -2.49. The number of nitrogens with one attached hydrogen (secondary N) is 1. The maximum absolute atomic E-state index is 13.4. The van der Waals surface area contributed by atoms with E-state index in [0.717, 1.165) is 35.0 Å². The summed E-state index contributed by atoms with van der Waals surface area (Å²) in [7, 11) is -4.07. The summed E-state index contributed by atoms with van der Waals surface area (Å²) in [5, 5.41) is 2.92. The number of halogens is 3. The Kier molecular flexibility index (Phi) is 7.26. The van der Waals surface area contributed by atoms with Gasteiger partial charge in [0.15, 0.2) is 0 Å². The molecular weight excluding hydrogens is 479 g/mol. The number of rotatable bonds is 7. The Hall–Kier alpha value is -2.43. The fourth-order valence-corrected chi connectivity index (χ4v) is 6.73. The minimum Gasteiger partial charge on any atom is -0.325 e. The maximum Gasteiger partial charge on any atom is 0.416 e. The second kappa shape index (κ2) is 9.91. The average molecular weight is 510 g/mol. The molecule has 2 fully saturated rings. The normalized spacial score (nSPS) is 18.1. The Morgan fingerprint density at radius 1 is 1.00 bits per heavy atom. The molecule has 1 N–H and O–H groups in total. The molecule has 6 nitrogen and oxygen atoms in total. The molecule has 0 aromatic heterocycles. The zero-order chi connectivity index (χ0) is 25.4. The largest absolute Gasteiger partial charge is 0.416 e. The van der Waals surface area contributed by atoms with Crippen LogP contribution in [-0.2, 0) is 21.0 Å². The van der Waals surface area contributed by atoms with Gasteiger partial charge in [-0.3, -0.25) is 9.69 Å². The molecule has 1 aliphatic carbocycles. The van der Waals surface area contributed by atoms with Crippen molar-refractivity contribution in [2.75, 3.05) is 25.0 Å². The van der Waals surface area contributed by atoms with E-state index in [0.29, 0.717) is 38.8 Å². The van der Waals surface area contributed by atoms with Crippen LogP contribution in [-0.4, -0.2) is 55.2 Å². The van der Waals surface area contributed by atoms with E-state index in [1.807, 2.05) is 36.9 Å². The van der Waals surface area contributed by atoms with E-state index >= 15 is 0 Å². The summed E-state index contributed by atoms with van der Waals surface area (Å²) in [5.41, 5.74) is 1.89. The second-order valence-corrected chi connectivity index (χ2v) is 11.4. The van der Waals surface area contributed by atoms with Crippen LogP contribution in [0, 0.1) is 13.8 Å². The van der Waals surface area contributed by atoms with Crippen molar-refractivity contribution in [3.63, 3.8) is 0 Å². The summed E-state index contributed by atoms with van der Waals surface area (Å²) in [6.45, 7) is 5.20. The number of nitrogens with zero attached hydrogens (tertiary/aromatic N) is 2. The Labute approximate surface area is 204 Å². The Morgan fingerprint density at radius 3 is 2.17 bits per heavy atom. The van der Waals surface area contributed by atoms with Gasteiger partial charge in [0.05, 0.1) is 17.0 Å². The summed E-state index contributed by atoms with van der Waals surface area (Å²) in [4.78, 5) is 14.2. The van der Waals surface area contributed by atoms with Crippen LogP contribution in [0.2, 0.25) is 0 Å². The van der Waals surface area contributed by atoms with Gasteiger partial charge in [0.2, 0.25) is 15.9 Å². The molecule has 0 bridgehead atoms. The number of sulfonamides is 1. The van der Waals surface area contributed by atoms with Gasteiger partial charge in [-0.2, -0.15) is 17.5 Å². The molecular formula is C25H30F3N3O3S. The predicted molar refractivity (Wildman–Crippen MR) is 127 cm³/mol. The first-order valence-electron chi connectivity index (χ1n) is 11.7. The Balaban J connectivity index is 1.40. The maximum atomic E-state index is 13.4. The molecule has 4 rings (SSSR count). The van der Waals surface area contributed by atoms with Crippen molar-refractivity contribution >= 4 is 21.6 Å². The number of hydrogen-bond donors (Lipinski definition) is 1. The molecule has 1 aliphatic heterocycles. The van der Waals surface area contributed by atoms with Gasteiger partial charge in [0.25, 0.3) is 0 Å². The van der Waals surface area contributed by atoms with Gasteiger partial charge in [-0.1, -0.05) is 12.1 Å². The highest BCUT2D eigenvalue weighted by atomic mass is 32.2. The lowest BCUT2D eigenvalue weighted by atomic mass is 10.0. The van der Waals surface area contributed by atoms with Crippen LogP contribution in [0.25, 0.3) is 0 Å². The fourth-order valence-electron chi connectivity index (χ4n) is 4.76. The Bertz CT molecular complexity index is 1170. The molecule has 2 aromatic carbocycles. The van der Waals surface area contributed by atoms with E-state index in [4.69, 9.17) is 0 Å². The monoisotopic (exact) mass is 509 g/mol. The van der Waals surface area contributed by atoms with E-state index < -0.39 is 21.8 Å². The summed E-state index contributed by atoms with van der Waals surface area (Å²) in [5.74, 6) is -0.135. The van der Waals surface area contributed by atoms with Crippen molar-refractivity contribution in [2.24, 2.45) is 0 Å². The molecule has 2 aliphatic rings. The van der Waals surface area contributed by atoms with Gasteiger partial charge in [0, 0.05) is 30.9 Å². The van der Waals surface area contributed by atoms with Crippen molar-refractivity contribution in [1.82, 2.24) is 9.21 Å². The Morgan fingerprint density at radius 2 is 1.60 bits per heavy atom. The van der Waals surface area contributed by atoms with Crippen molar-refractivity contribution in [3.05, 3.63) is 59.2 Å². The smallest absolute Gasteiger partial charge is 0.325 e. The minimum atomic E-state index is -4.61. The molecule has 1 saturated heterocycles. The SMILES string of the molecule is Cc1cc(C)cc(NC(=O)CN2CCC(N(C3CC3)S(=O)(=O)c3cccc(C(F)(F)F)c3)CC2)c1. The summed E-state index contributed by atoms with van der Waals surface area (Å²) in [6.07, 6.45) is -2.16. The molecule has 1 heterocycles. The van der Waals surface area contributed by atoms with Crippen LogP contribution in [0.3, 0.4) is 0 Å². The quantitative estimate of drug-likeness (QED) is 0.593. The fraction of sp³-hybridized carbons (Fsp3) is 0.480. The number of carbonyl (C=O) groups excluding carboxylic acids is 1. The van der Waals surface area contributed by atoms with Crippen molar-refractivity contribution in [3.8, 4) is 0 Å². The number of carbonyl (C=O) groups is 1. The molecule has 10 heteroatoms. The van der Waals surface area contributed by atoms with Crippen molar-refractivity contribution < 1.29 is 26.4 Å². The van der Waals surface area contributed by atoms with Crippen LogP contribution in [0.15, 0.2) is 47.4 Å². The van der Waals surface area contributed by atoms with Gasteiger partial charge in [-0.25, -0.2) is 8.42 Å². The molecule has 0 unspecified atom stereocenters. The second-order valence-electron chi connectivity index (χ2n) is 9.52. The number of piperidine rings is 1. The zero-order valence-corrected chi connectivity index (χ0v) is 20.6. The van der Waals surface area contributed by atoms with E-state index in [1.165, 1.54) is 10.4 Å². The van der Waals surface area contributed by atoms with Gasteiger partial charge in [0.1, 0.15) is 0 Å². The van der Waals surface area contributed by atoms with Crippen LogP contribution in [0.1, 0.15) is 42.4 Å². The molecule has 190 valence electrons. The minimum absolute atomic E-state index is 0.135. The first kappa shape index (κ1) is 25.7. The number of likely N-dealkylation sites (tertiary alicyclic amines) is 1. The van der Waals surface area contributed by atoms with E-state index in [9.17, 15) is 26.4 Å². The van der Waals surface area contributed by atoms with Gasteiger partial charge >= 0.3 is 6.18 Å². The van der Waals surface area contributed by atoms with Crippen molar-refractivity contribution in [2.45, 2.75) is 62.7 Å². The molecule has 1 saturated carbocycles. The van der Waals surface area contributed by atoms with Crippen molar-refractivity contribution in [1.29, 1.82) is 0 Å². The lowest BCUT2D eigenvalue weighted by Gasteiger charge is -2.37. The molecule has 35 heavy (non-hydrogen) atoms.